The summed E-state index contributed by atoms with van der Waals surface area (Å²) in [5, 5.41) is 3.70. The molecule has 4 aromatic carbocycles. The lowest BCUT2D eigenvalue weighted by Gasteiger charge is -2.13. The zero-order chi connectivity index (χ0) is 22.7. The molecule has 0 spiro atoms. The Bertz CT molecular complexity index is 2060. The molecule has 0 fully saturated rings. The molecule has 3 aromatic heterocycles. The van der Waals surface area contributed by atoms with Gasteiger partial charge in [0, 0.05) is 22.4 Å². The number of nitrogens with zero attached hydrogens (tertiary/aromatic N) is 3. The lowest BCUT2D eigenvalue weighted by Crippen LogP contribution is -1.96. The SMILES string of the molecule is c1ccc2c(c1)Cc1c-2ccc2c1-c1ccc3c(c1C2)c1cccnc1n1c2ccccc2nc31. The fraction of sp³-hybridized carbons (Fsp3) is 0.0625. The number of imidazole rings is 1. The second-order valence-corrected chi connectivity index (χ2v) is 9.78. The molecule has 0 radical (unpaired) electrons. The Balaban J connectivity index is 1.42. The molecule has 3 nitrogen and oxygen atoms in total. The van der Waals surface area contributed by atoms with E-state index in [4.69, 9.17) is 9.97 Å². The lowest BCUT2D eigenvalue weighted by molar-refractivity contribution is 1.22. The van der Waals surface area contributed by atoms with Crippen LogP contribution in [0, 0.1) is 0 Å². The highest BCUT2D eigenvalue weighted by atomic mass is 15.1. The van der Waals surface area contributed by atoms with Gasteiger partial charge in [0.1, 0.15) is 11.3 Å². The summed E-state index contributed by atoms with van der Waals surface area (Å²) in [5.74, 6) is 0. The minimum atomic E-state index is 0.950. The molecule has 7 aromatic rings. The van der Waals surface area contributed by atoms with Gasteiger partial charge in [0.25, 0.3) is 0 Å². The minimum Gasteiger partial charge on any atom is -0.276 e. The zero-order valence-corrected chi connectivity index (χ0v) is 18.9. The van der Waals surface area contributed by atoms with Gasteiger partial charge >= 0.3 is 0 Å². The third-order valence-electron chi connectivity index (χ3n) is 8.09. The molecule has 0 aliphatic heterocycles. The normalized spacial score (nSPS) is 13.5. The Hall–Kier alpha value is -4.50. The predicted octanol–water partition coefficient (Wildman–Crippen LogP) is 7.33. The van der Waals surface area contributed by atoms with Crippen molar-refractivity contribution < 1.29 is 0 Å². The fourth-order valence-electron chi connectivity index (χ4n) is 6.68. The second-order valence-electron chi connectivity index (χ2n) is 9.78. The van der Waals surface area contributed by atoms with Crippen molar-refractivity contribution in [3.63, 3.8) is 0 Å². The van der Waals surface area contributed by atoms with E-state index in [9.17, 15) is 0 Å². The molecule has 3 heterocycles. The third-order valence-corrected chi connectivity index (χ3v) is 8.09. The van der Waals surface area contributed by atoms with Gasteiger partial charge in [0.2, 0.25) is 0 Å². The maximum absolute atomic E-state index is 5.08. The molecular weight excluding hydrogens is 426 g/mol. The topological polar surface area (TPSA) is 30.2 Å². The molecule has 0 atom stereocenters. The molecule has 0 unspecified atom stereocenters. The van der Waals surface area contributed by atoms with Crippen LogP contribution in [0.4, 0.5) is 0 Å². The van der Waals surface area contributed by atoms with Crippen LogP contribution in [0.5, 0.6) is 0 Å². The van der Waals surface area contributed by atoms with Gasteiger partial charge in [-0.15, -0.1) is 0 Å². The summed E-state index contributed by atoms with van der Waals surface area (Å²) >= 11 is 0. The molecule has 2 aliphatic carbocycles. The summed E-state index contributed by atoms with van der Waals surface area (Å²) in [6, 6.07) is 30.8. The maximum Gasteiger partial charge on any atom is 0.147 e. The number of hydrogen-bond donors (Lipinski definition) is 0. The second kappa shape index (κ2) is 6.13. The van der Waals surface area contributed by atoms with Crippen LogP contribution >= 0.6 is 0 Å². The van der Waals surface area contributed by atoms with Gasteiger partial charge in [-0.1, -0.05) is 54.6 Å². The Kier molecular flexibility index (Phi) is 3.14. The smallest absolute Gasteiger partial charge is 0.147 e. The summed E-state index contributed by atoms with van der Waals surface area (Å²) in [4.78, 5) is 9.94. The van der Waals surface area contributed by atoms with Crippen molar-refractivity contribution in [3.8, 4) is 22.3 Å². The van der Waals surface area contributed by atoms with E-state index in [2.05, 4.69) is 89.3 Å². The van der Waals surface area contributed by atoms with E-state index < -0.39 is 0 Å². The third kappa shape index (κ3) is 2.12. The van der Waals surface area contributed by atoms with Crippen molar-refractivity contribution in [1.82, 2.24) is 14.4 Å². The summed E-state index contributed by atoms with van der Waals surface area (Å²) in [5.41, 5.74) is 15.5. The van der Waals surface area contributed by atoms with Crippen LogP contribution in [0.1, 0.15) is 22.3 Å². The first-order valence-corrected chi connectivity index (χ1v) is 12.2. The van der Waals surface area contributed by atoms with Crippen molar-refractivity contribution in [1.29, 1.82) is 0 Å². The van der Waals surface area contributed by atoms with Gasteiger partial charge in [-0.3, -0.25) is 4.40 Å². The number of para-hydroxylation sites is 2. The van der Waals surface area contributed by atoms with Gasteiger partial charge < -0.3 is 0 Å². The van der Waals surface area contributed by atoms with Crippen molar-refractivity contribution >= 4 is 38.5 Å². The van der Waals surface area contributed by atoms with Gasteiger partial charge in [-0.05, 0) is 87.7 Å². The van der Waals surface area contributed by atoms with E-state index in [1.807, 2.05) is 6.20 Å². The highest BCUT2D eigenvalue weighted by Crippen LogP contribution is 2.50. The molecule has 35 heavy (non-hydrogen) atoms. The van der Waals surface area contributed by atoms with Crippen LogP contribution < -0.4 is 0 Å². The summed E-state index contributed by atoms with van der Waals surface area (Å²) in [7, 11) is 0. The molecule has 0 saturated carbocycles. The number of aromatic nitrogens is 3. The number of rotatable bonds is 0. The van der Waals surface area contributed by atoms with Gasteiger partial charge in [0.15, 0.2) is 0 Å². The van der Waals surface area contributed by atoms with Crippen LogP contribution in [0.15, 0.2) is 91.1 Å². The van der Waals surface area contributed by atoms with Crippen LogP contribution in [-0.2, 0) is 12.8 Å². The molecule has 0 N–H and O–H groups in total. The lowest BCUT2D eigenvalue weighted by atomic mass is 9.93. The summed E-state index contributed by atoms with van der Waals surface area (Å²) < 4.78 is 2.23. The first-order chi connectivity index (χ1) is 17.4. The molecular formula is C32H19N3. The van der Waals surface area contributed by atoms with Crippen LogP contribution in [0.25, 0.3) is 60.7 Å². The first-order valence-electron chi connectivity index (χ1n) is 12.2. The van der Waals surface area contributed by atoms with Crippen LogP contribution in [-0.4, -0.2) is 14.4 Å². The van der Waals surface area contributed by atoms with Gasteiger partial charge in [-0.25, -0.2) is 9.97 Å². The average molecular weight is 446 g/mol. The Morgan fingerprint density at radius 3 is 2.43 bits per heavy atom. The molecule has 162 valence electrons. The monoisotopic (exact) mass is 445 g/mol. The largest absolute Gasteiger partial charge is 0.276 e. The molecule has 0 amide bonds. The molecule has 0 bridgehead atoms. The number of pyridine rings is 2. The van der Waals surface area contributed by atoms with E-state index in [1.165, 1.54) is 60.7 Å². The number of hydrogen-bond acceptors (Lipinski definition) is 2. The zero-order valence-electron chi connectivity index (χ0n) is 18.9. The molecule has 9 rings (SSSR count). The maximum atomic E-state index is 5.08. The highest BCUT2D eigenvalue weighted by Gasteiger charge is 2.30. The number of benzene rings is 4. The van der Waals surface area contributed by atoms with Crippen molar-refractivity contribution in [3.05, 3.63) is 113 Å². The van der Waals surface area contributed by atoms with Crippen molar-refractivity contribution in [2.45, 2.75) is 12.8 Å². The van der Waals surface area contributed by atoms with Gasteiger partial charge in [0.05, 0.1) is 11.0 Å². The quantitative estimate of drug-likeness (QED) is 0.229. The van der Waals surface area contributed by atoms with E-state index >= 15 is 0 Å². The number of fused-ring (bicyclic) bond motifs is 16. The predicted molar refractivity (Wildman–Crippen MR) is 142 cm³/mol. The van der Waals surface area contributed by atoms with Crippen LogP contribution in [0.3, 0.4) is 0 Å². The minimum absolute atomic E-state index is 0.950. The highest BCUT2D eigenvalue weighted by molar-refractivity contribution is 6.16. The first kappa shape index (κ1) is 17.9. The Morgan fingerprint density at radius 1 is 0.600 bits per heavy atom. The fourth-order valence-corrected chi connectivity index (χ4v) is 6.68. The van der Waals surface area contributed by atoms with E-state index in [0.717, 1.165) is 35.2 Å². The summed E-state index contributed by atoms with van der Waals surface area (Å²) in [6.07, 6.45) is 3.86. The standard InChI is InChI=1S/C32H19N3/c1-2-7-20-18(6-1)16-25-21(20)12-11-19-17-26-22(29(19)25)13-14-24-30(26)23-8-5-15-33-31(23)35-28-10-4-3-9-27(28)34-32(24)35/h1-15H,16-17H2. The molecule has 3 heteroatoms. The van der Waals surface area contributed by atoms with Crippen LogP contribution in [0.2, 0.25) is 0 Å². The van der Waals surface area contributed by atoms with E-state index in [-0.39, 0.29) is 0 Å². The molecule has 2 aliphatic rings. The van der Waals surface area contributed by atoms with Gasteiger partial charge in [-0.2, -0.15) is 0 Å². The average Bonchev–Trinajstić information content (AvgIpc) is 3.59. The Morgan fingerprint density at radius 2 is 1.43 bits per heavy atom. The summed E-state index contributed by atoms with van der Waals surface area (Å²) in [6.45, 7) is 0. The Labute approximate surface area is 201 Å². The van der Waals surface area contributed by atoms with Crippen molar-refractivity contribution in [2.24, 2.45) is 0 Å². The van der Waals surface area contributed by atoms with Crippen molar-refractivity contribution in [2.75, 3.05) is 0 Å². The molecule has 0 saturated heterocycles. The van der Waals surface area contributed by atoms with E-state index in [1.54, 1.807) is 0 Å². The van der Waals surface area contributed by atoms with E-state index in [0.29, 0.717) is 0 Å².